The molecule has 0 radical (unpaired) electrons. The maximum Gasteiger partial charge on any atom is 0.248 e. The summed E-state index contributed by atoms with van der Waals surface area (Å²) in [5, 5.41) is 4.31. The number of amides is 1. The molecule has 0 saturated heterocycles. The zero-order valence-corrected chi connectivity index (χ0v) is 24.6. The summed E-state index contributed by atoms with van der Waals surface area (Å²) >= 11 is 0. The molecule has 0 unspecified atom stereocenters. The van der Waals surface area contributed by atoms with E-state index < -0.39 is 5.91 Å². The molecule has 8 nitrogen and oxygen atoms in total. The minimum atomic E-state index is -0.470. The molecule has 2 aromatic rings. The molecule has 1 aliphatic heterocycles. The Morgan fingerprint density at radius 2 is 1.95 bits per heavy atom. The van der Waals surface area contributed by atoms with E-state index in [9.17, 15) is 4.79 Å². The number of primary amides is 1. The Labute approximate surface area is 240 Å². The number of anilines is 2. The van der Waals surface area contributed by atoms with Crippen molar-refractivity contribution < 1.29 is 9.53 Å². The number of carbonyl (C=O) groups excluding carboxylic acids is 1. The highest BCUT2D eigenvalue weighted by Crippen LogP contribution is 2.23. The molecule has 1 aromatic carbocycles. The summed E-state index contributed by atoms with van der Waals surface area (Å²) in [6.07, 6.45) is 16.4. The number of hydrazone groups is 1. The molecular formula is C32H46N6O2. The summed E-state index contributed by atoms with van der Waals surface area (Å²) in [6, 6.07) is 11.1. The molecule has 0 aliphatic carbocycles. The number of aromatic nitrogens is 1. The summed E-state index contributed by atoms with van der Waals surface area (Å²) in [7, 11) is 0. The normalized spacial score (nSPS) is 12.3. The second kappa shape index (κ2) is 19.2. The van der Waals surface area contributed by atoms with E-state index in [2.05, 4.69) is 52.5 Å². The number of nitrogens with one attached hydrogen (secondary N) is 1. The monoisotopic (exact) mass is 546 g/mol. The van der Waals surface area contributed by atoms with Crippen molar-refractivity contribution in [1.29, 1.82) is 0 Å². The van der Waals surface area contributed by atoms with Gasteiger partial charge in [0.1, 0.15) is 0 Å². The number of unbranched alkanes of at least 4 members (excludes halogenated alkanes) is 1. The molecule has 1 aromatic heterocycles. The van der Waals surface area contributed by atoms with Gasteiger partial charge in [-0.2, -0.15) is 5.10 Å². The van der Waals surface area contributed by atoms with Crippen molar-refractivity contribution >= 4 is 29.7 Å². The summed E-state index contributed by atoms with van der Waals surface area (Å²) < 4.78 is 6.11. The van der Waals surface area contributed by atoms with Crippen molar-refractivity contribution in [1.82, 2.24) is 4.98 Å². The van der Waals surface area contributed by atoms with Crippen molar-refractivity contribution in [2.75, 3.05) is 30.0 Å². The average molecular weight is 547 g/mol. The molecule has 3 rings (SSSR count). The van der Waals surface area contributed by atoms with Gasteiger partial charge in [-0.25, -0.2) is 4.98 Å². The Kier molecular flexibility index (Phi) is 15.5. The largest absolute Gasteiger partial charge is 0.478 e. The van der Waals surface area contributed by atoms with Gasteiger partial charge in [0.25, 0.3) is 0 Å². The standard InChI is InChI=1S/C30H40N6O2.C2H6/c1-3-18-36(19-4-2)28-22-26(15-17-33-35-27-14-10-11-24(21-27)30(31)37)34-29(23-28)38-20-9-7-13-25-12-6-5-8-16-32-25;1-2/h5,8,10-12,14,16-17,21-23,35H,3-4,6-7,9,13,15,18-20H2,1-2H3,(H2,31,37);1-2H3/b33-17+;. The third-order valence-electron chi connectivity index (χ3n) is 5.95. The lowest BCUT2D eigenvalue weighted by molar-refractivity contribution is 0.100. The fourth-order valence-corrected chi connectivity index (χ4v) is 4.10. The summed E-state index contributed by atoms with van der Waals surface area (Å²) in [5.74, 6) is 0.170. The zero-order chi connectivity index (χ0) is 29.0. The van der Waals surface area contributed by atoms with Crippen LogP contribution >= 0.6 is 0 Å². The van der Waals surface area contributed by atoms with Crippen LogP contribution in [0.1, 0.15) is 82.3 Å². The van der Waals surface area contributed by atoms with Gasteiger partial charge in [0.2, 0.25) is 11.8 Å². The van der Waals surface area contributed by atoms with Gasteiger partial charge in [-0.05, 0) is 68.9 Å². The van der Waals surface area contributed by atoms with Crippen LogP contribution < -0.4 is 20.8 Å². The van der Waals surface area contributed by atoms with E-state index in [0.717, 1.165) is 68.7 Å². The van der Waals surface area contributed by atoms with E-state index in [1.54, 1.807) is 24.4 Å². The Morgan fingerprint density at radius 3 is 2.70 bits per heavy atom. The van der Waals surface area contributed by atoms with Gasteiger partial charge >= 0.3 is 0 Å². The number of aliphatic imine (C=N–C) groups is 1. The molecule has 0 atom stereocenters. The first-order chi connectivity index (χ1) is 19.6. The molecule has 8 heteroatoms. The van der Waals surface area contributed by atoms with Crippen molar-refractivity contribution in [3.63, 3.8) is 0 Å². The SMILES string of the molecule is CC.CCCN(CCC)c1cc(C/C=N/Nc2cccc(C(N)=O)c2)nc(OCCCCC2=CCC=CC=N2)c1. The van der Waals surface area contributed by atoms with E-state index >= 15 is 0 Å². The first-order valence-electron chi connectivity index (χ1n) is 14.5. The van der Waals surface area contributed by atoms with Crippen molar-refractivity contribution in [2.24, 2.45) is 15.8 Å². The minimum Gasteiger partial charge on any atom is -0.478 e. The van der Waals surface area contributed by atoms with Crippen molar-refractivity contribution in [3.8, 4) is 5.88 Å². The van der Waals surface area contributed by atoms with E-state index in [1.165, 1.54) is 0 Å². The van der Waals surface area contributed by atoms with Crippen molar-refractivity contribution in [2.45, 2.75) is 72.6 Å². The predicted octanol–water partition coefficient (Wildman–Crippen LogP) is 6.94. The van der Waals surface area contributed by atoms with Gasteiger partial charge < -0.3 is 15.4 Å². The number of rotatable bonds is 16. The molecule has 2 heterocycles. The number of ether oxygens (including phenoxy) is 1. The molecule has 0 bridgehead atoms. The van der Waals surface area contributed by atoms with Gasteiger partial charge in [0, 0.05) is 55.0 Å². The number of carbonyl (C=O) groups is 1. The highest BCUT2D eigenvalue weighted by molar-refractivity contribution is 5.93. The number of pyridine rings is 1. The van der Waals surface area contributed by atoms with Gasteiger partial charge in [-0.3, -0.25) is 15.2 Å². The lowest BCUT2D eigenvalue weighted by Gasteiger charge is -2.24. The maximum atomic E-state index is 11.4. The van der Waals surface area contributed by atoms with E-state index in [4.69, 9.17) is 15.5 Å². The van der Waals surface area contributed by atoms with Crippen LogP contribution in [-0.2, 0) is 6.42 Å². The van der Waals surface area contributed by atoms with Gasteiger partial charge in [-0.15, -0.1) is 0 Å². The van der Waals surface area contributed by atoms with Crippen LogP contribution in [0.5, 0.6) is 5.88 Å². The van der Waals surface area contributed by atoms with Crippen LogP contribution in [0, 0.1) is 0 Å². The average Bonchev–Trinajstić information content (AvgIpc) is 3.25. The highest BCUT2D eigenvalue weighted by atomic mass is 16.5. The first kappa shape index (κ1) is 32.3. The van der Waals surface area contributed by atoms with E-state index in [-0.39, 0.29) is 0 Å². The van der Waals surface area contributed by atoms with Gasteiger partial charge in [-0.1, -0.05) is 45.9 Å². The van der Waals surface area contributed by atoms with Crippen LogP contribution in [0.15, 0.2) is 70.4 Å². The highest BCUT2D eigenvalue weighted by Gasteiger charge is 2.10. The Hall–Kier alpha value is -3.94. The summed E-state index contributed by atoms with van der Waals surface area (Å²) in [5.41, 5.74) is 12.6. The Morgan fingerprint density at radius 1 is 1.15 bits per heavy atom. The van der Waals surface area contributed by atoms with Gasteiger partial charge in [0.05, 0.1) is 18.0 Å². The molecule has 3 N–H and O–H groups in total. The fourth-order valence-electron chi connectivity index (χ4n) is 4.10. The molecule has 40 heavy (non-hydrogen) atoms. The molecule has 0 saturated carbocycles. The first-order valence-corrected chi connectivity index (χ1v) is 14.5. The van der Waals surface area contributed by atoms with Crippen LogP contribution in [-0.4, -0.2) is 43.0 Å². The van der Waals surface area contributed by atoms with Crippen LogP contribution in [0.4, 0.5) is 11.4 Å². The topological polar surface area (TPSA) is 105 Å². The van der Waals surface area contributed by atoms with Crippen LogP contribution in [0.3, 0.4) is 0 Å². The molecule has 0 spiro atoms. The quantitative estimate of drug-likeness (QED) is 0.135. The number of hydrogen-bond acceptors (Lipinski definition) is 7. The number of nitrogens with two attached hydrogens (primary N) is 1. The number of benzene rings is 1. The molecule has 1 aliphatic rings. The lowest BCUT2D eigenvalue weighted by atomic mass is 10.2. The smallest absolute Gasteiger partial charge is 0.248 e. The minimum absolute atomic E-state index is 0.434. The molecular weight excluding hydrogens is 500 g/mol. The number of hydrogen-bond donors (Lipinski definition) is 2. The third kappa shape index (κ3) is 11.8. The Bertz CT molecular complexity index is 1150. The second-order valence-electron chi connectivity index (χ2n) is 9.16. The molecule has 0 fully saturated rings. The van der Waals surface area contributed by atoms with E-state index in [1.807, 2.05) is 38.3 Å². The summed E-state index contributed by atoms with van der Waals surface area (Å²) in [6.45, 7) is 11.0. The van der Waals surface area contributed by atoms with Crippen LogP contribution in [0.25, 0.3) is 0 Å². The number of allylic oxidation sites excluding steroid dienone is 4. The van der Waals surface area contributed by atoms with Crippen LogP contribution in [0.2, 0.25) is 0 Å². The maximum absolute atomic E-state index is 11.4. The Balaban J connectivity index is 0.00000274. The summed E-state index contributed by atoms with van der Waals surface area (Å²) in [4.78, 5) is 23.0. The van der Waals surface area contributed by atoms with Gasteiger partial charge in [0.15, 0.2) is 0 Å². The lowest BCUT2D eigenvalue weighted by Crippen LogP contribution is -2.25. The number of nitrogens with zero attached hydrogens (tertiary/aromatic N) is 4. The third-order valence-corrected chi connectivity index (χ3v) is 5.95. The predicted molar refractivity (Wildman–Crippen MR) is 169 cm³/mol. The molecule has 216 valence electrons. The molecule has 1 amide bonds. The second-order valence-corrected chi connectivity index (χ2v) is 9.16. The zero-order valence-electron chi connectivity index (χ0n) is 24.6. The fraction of sp³-hybridized carbons (Fsp3) is 0.438. The van der Waals surface area contributed by atoms with E-state index in [0.29, 0.717) is 30.2 Å². The van der Waals surface area contributed by atoms with Crippen molar-refractivity contribution in [3.05, 3.63) is 71.6 Å².